The van der Waals surface area contributed by atoms with Crippen LogP contribution in [0.25, 0.3) is 5.52 Å². The number of carbonyl (C=O) groups is 2. The molecule has 1 aliphatic rings. The zero-order chi connectivity index (χ0) is 26.2. The van der Waals surface area contributed by atoms with E-state index in [2.05, 4.69) is 10.1 Å². The van der Waals surface area contributed by atoms with E-state index in [-0.39, 0.29) is 22.6 Å². The van der Waals surface area contributed by atoms with Gasteiger partial charge < -0.3 is 25.1 Å². The number of nitrogens with two attached hydrogens (primary N) is 1. The number of esters is 2. The van der Waals surface area contributed by atoms with Crippen molar-refractivity contribution in [3.05, 3.63) is 95.9 Å². The number of anilines is 1. The first-order chi connectivity index (χ1) is 17.7. The molecule has 1 fully saturated rings. The molecule has 11 heteroatoms. The number of hydrogen-bond acceptors (Lipinski definition) is 9. The van der Waals surface area contributed by atoms with Gasteiger partial charge in [0.05, 0.1) is 11.1 Å². The predicted octanol–water partition coefficient (Wildman–Crippen LogP) is 2.67. The van der Waals surface area contributed by atoms with Crippen molar-refractivity contribution < 1.29 is 33.3 Å². The molecule has 10 nitrogen and oxygen atoms in total. The van der Waals surface area contributed by atoms with Gasteiger partial charge in [0.15, 0.2) is 11.9 Å². The molecule has 0 bridgehead atoms. The SMILES string of the molecule is C[C@@]1(F)[C@H](OC(=O)c2ccccc2)C(COC(=O)c2ccccc2)OC1(O)c1ccc2c(N)ncnn12. The maximum Gasteiger partial charge on any atom is 0.338 e. The second-order valence-electron chi connectivity index (χ2n) is 8.69. The summed E-state index contributed by atoms with van der Waals surface area (Å²) < 4.78 is 34.5. The molecule has 4 aromatic rings. The largest absolute Gasteiger partial charge is 0.459 e. The first-order valence-corrected chi connectivity index (χ1v) is 11.4. The molecule has 37 heavy (non-hydrogen) atoms. The van der Waals surface area contributed by atoms with Gasteiger partial charge >= 0.3 is 11.9 Å². The lowest BCUT2D eigenvalue weighted by molar-refractivity contribution is -0.256. The number of ether oxygens (including phenoxy) is 3. The highest BCUT2D eigenvalue weighted by molar-refractivity contribution is 5.90. The van der Waals surface area contributed by atoms with Crippen molar-refractivity contribution in [3.8, 4) is 0 Å². The number of aliphatic hydroxyl groups is 1. The lowest BCUT2D eigenvalue weighted by Gasteiger charge is -2.32. The third-order valence-electron chi connectivity index (χ3n) is 6.32. The molecule has 3 N–H and O–H groups in total. The van der Waals surface area contributed by atoms with Crippen LogP contribution < -0.4 is 5.73 Å². The second kappa shape index (κ2) is 9.26. The Hall–Kier alpha value is -4.35. The average molecular weight is 506 g/mol. The molecule has 1 saturated heterocycles. The Balaban J connectivity index is 1.50. The van der Waals surface area contributed by atoms with E-state index in [9.17, 15) is 14.7 Å². The number of benzene rings is 2. The van der Waals surface area contributed by atoms with Crippen LogP contribution in [-0.4, -0.2) is 56.1 Å². The van der Waals surface area contributed by atoms with E-state index in [0.29, 0.717) is 5.52 Å². The number of halogens is 1. The number of rotatable bonds is 6. The second-order valence-corrected chi connectivity index (χ2v) is 8.69. The Morgan fingerprint density at radius 3 is 2.32 bits per heavy atom. The van der Waals surface area contributed by atoms with E-state index in [1.54, 1.807) is 48.5 Å². The number of carbonyl (C=O) groups excluding carboxylic acids is 2. The van der Waals surface area contributed by atoms with Crippen molar-refractivity contribution in [3.63, 3.8) is 0 Å². The number of fused-ring (bicyclic) bond motifs is 1. The maximum atomic E-state index is 16.6. The van der Waals surface area contributed by atoms with Gasteiger partial charge in [0.1, 0.15) is 30.2 Å². The Morgan fingerprint density at radius 1 is 1.05 bits per heavy atom. The molecule has 0 aliphatic carbocycles. The summed E-state index contributed by atoms with van der Waals surface area (Å²) in [5, 5.41) is 15.7. The van der Waals surface area contributed by atoms with Crippen LogP contribution >= 0.6 is 0 Å². The standard InChI is InChI=1S/C26H23FN4O6/c1-25(27)21(36-24(33)17-10-6-3-7-11-17)19(14-35-23(32)16-8-4-2-5-9-16)37-26(25,34)20-13-12-18-22(28)29-15-30-31(18)20/h2-13,15,19,21,34H,14H2,1H3,(H2,28,29,30)/t19?,21-,25-,26?/m1/s1. The minimum atomic E-state index is -2.71. The van der Waals surface area contributed by atoms with Crippen molar-refractivity contribution in [2.24, 2.45) is 0 Å². The summed E-state index contributed by atoms with van der Waals surface area (Å²) in [7, 11) is 0. The fraction of sp³-hybridized carbons (Fsp3) is 0.231. The van der Waals surface area contributed by atoms with Crippen molar-refractivity contribution in [1.82, 2.24) is 14.6 Å². The summed E-state index contributed by atoms with van der Waals surface area (Å²) in [6.07, 6.45) is -1.89. The quantitative estimate of drug-likeness (QED) is 0.378. The first kappa shape index (κ1) is 24.3. The van der Waals surface area contributed by atoms with Crippen LogP contribution in [0.2, 0.25) is 0 Å². The molecule has 2 aromatic carbocycles. The van der Waals surface area contributed by atoms with Gasteiger partial charge in [-0.25, -0.2) is 23.5 Å². The minimum absolute atomic E-state index is 0.101. The summed E-state index contributed by atoms with van der Waals surface area (Å²) in [5.74, 6) is -4.09. The molecule has 5 rings (SSSR count). The molecule has 1 aliphatic heterocycles. The molecular weight excluding hydrogens is 483 g/mol. The highest BCUT2D eigenvalue weighted by Crippen LogP contribution is 2.49. The van der Waals surface area contributed by atoms with Gasteiger partial charge in [-0.2, -0.15) is 5.10 Å². The first-order valence-electron chi connectivity index (χ1n) is 11.4. The average Bonchev–Trinajstić information content (AvgIpc) is 3.43. The van der Waals surface area contributed by atoms with E-state index in [1.165, 1.54) is 28.8 Å². The third-order valence-corrected chi connectivity index (χ3v) is 6.32. The zero-order valence-electron chi connectivity index (χ0n) is 19.7. The van der Waals surface area contributed by atoms with E-state index < -0.39 is 42.2 Å². The molecular formula is C26H23FN4O6. The lowest BCUT2D eigenvalue weighted by atomic mass is 9.89. The molecule has 0 spiro atoms. The van der Waals surface area contributed by atoms with Crippen LogP contribution in [0.3, 0.4) is 0 Å². The fourth-order valence-corrected chi connectivity index (χ4v) is 4.34. The molecule has 0 amide bonds. The highest BCUT2D eigenvalue weighted by Gasteiger charge is 2.68. The molecule has 3 heterocycles. The van der Waals surface area contributed by atoms with Gasteiger partial charge in [-0.1, -0.05) is 36.4 Å². The van der Waals surface area contributed by atoms with Gasteiger partial charge in [0.2, 0.25) is 11.5 Å². The van der Waals surface area contributed by atoms with Gasteiger partial charge in [-0.05, 0) is 43.3 Å². The topological polar surface area (TPSA) is 138 Å². The van der Waals surface area contributed by atoms with Crippen molar-refractivity contribution in [1.29, 1.82) is 0 Å². The lowest BCUT2D eigenvalue weighted by Crippen LogP contribution is -2.51. The Bertz CT molecular complexity index is 1450. The number of nitrogens with zero attached hydrogens (tertiary/aromatic N) is 3. The van der Waals surface area contributed by atoms with Crippen LogP contribution in [0.4, 0.5) is 10.2 Å². The molecule has 2 aromatic heterocycles. The molecule has 0 radical (unpaired) electrons. The van der Waals surface area contributed by atoms with Crippen LogP contribution in [0, 0.1) is 0 Å². The van der Waals surface area contributed by atoms with Crippen molar-refractivity contribution >= 4 is 23.3 Å². The van der Waals surface area contributed by atoms with Gasteiger partial charge in [-0.15, -0.1) is 0 Å². The Labute approximate surface area is 210 Å². The molecule has 2 unspecified atom stereocenters. The number of nitrogen functional groups attached to an aromatic ring is 1. The minimum Gasteiger partial charge on any atom is -0.459 e. The monoisotopic (exact) mass is 506 g/mol. The van der Waals surface area contributed by atoms with Gasteiger partial charge in [0, 0.05) is 0 Å². The van der Waals surface area contributed by atoms with E-state index >= 15 is 4.39 Å². The summed E-state index contributed by atoms with van der Waals surface area (Å²) >= 11 is 0. The predicted molar refractivity (Wildman–Crippen MR) is 128 cm³/mol. The van der Waals surface area contributed by atoms with E-state index in [1.807, 2.05) is 0 Å². The summed E-state index contributed by atoms with van der Waals surface area (Å²) in [4.78, 5) is 29.3. The normalized spacial score (nSPS) is 25.2. The van der Waals surface area contributed by atoms with E-state index in [4.69, 9.17) is 19.9 Å². The number of alkyl halides is 1. The van der Waals surface area contributed by atoms with Crippen LogP contribution in [0.1, 0.15) is 33.3 Å². The highest BCUT2D eigenvalue weighted by atomic mass is 19.1. The summed E-state index contributed by atoms with van der Waals surface area (Å²) in [5.41, 5.74) is 3.80. The molecule has 4 atom stereocenters. The zero-order valence-corrected chi connectivity index (χ0v) is 19.7. The Kier molecular flexibility index (Phi) is 6.10. The van der Waals surface area contributed by atoms with Crippen LogP contribution in [-0.2, 0) is 20.0 Å². The van der Waals surface area contributed by atoms with Crippen LogP contribution in [0.5, 0.6) is 0 Å². The summed E-state index contributed by atoms with van der Waals surface area (Å²) in [6.45, 7) is 0.529. The van der Waals surface area contributed by atoms with Crippen molar-refractivity contribution in [2.45, 2.75) is 30.6 Å². The molecule has 0 saturated carbocycles. The van der Waals surface area contributed by atoms with Crippen molar-refractivity contribution in [2.75, 3.05) is 12.3 Å². The number of aromatic nitrogens is 3. The fourth-order valence-electron chi connectivity index (χ4n) is 4.34. The number of hydrogen-bond donors (Lipinski definition) is 2. The third kappa shape index (κ3) is 4.17. The van der Waals surface area contributed by atoms with Gasteiger partial charge in [0.25, 0.3) is 0 Å². The van der Waals surface area contributed by atoms with E-state index in [0.717, 1.165) is 13.3 Å². The smallest absolute Gasteiger partial charge is 0.338 e. The Morgan fingerprint density at radius 2 is 1.68 bits per heavy atom. The molecule has 190 valence electrons. The maximum absolute atomic E-state index is 16.6. The summed E-state index contributed by atoms with van der Waals surface area (Å²) in [6, 6.07) is 19.0. The van der Waals surface area contributed by atoms with Crippen LogP contribution in [0.15, 0.2) is 79.1 Å². The van der Waals surface area contributed by atoms with Gasteiger partial charge in [-0.3, -0.25) is 0 Å².